The minimum absolute atomic E-state index is 0.0447. The number of benzene rings is 1. The van der Waals surface area contributed by atoms with Gasteiger partial charge in [0.2, 0.25) is 0 Å². The largest absolute Gasteiger partial charge is 0.323 e. The van der Waals surface area contributed by atoms with Crippen molar-refractivity contribution in [3.05, 3.63) is 35.4 Å². The van der Waals surface area contributed by atoms with E-state index in [-0.39, 0.29) is 17.7 Å². The molecule has 1 fully saturated rings. The lowest BCUT2D eigenvalue weighted by atomic mass is 9.80. The van der Waals surface area contributed by atoms with E-state index in [1.165, 1.54) is 0 Å². The van der Waals surface area contributed by atoms with E-state index in [1.807, 2.05) is 12.1 Å². The van der Waals surface area contributed by atoms with Crippen LogP contribution < -0.4 is 5.73 Å². The van der Waals surface area contributed by atoms with Crippen molar-refractivity contribution in [2.24, 2.45) is 11.7 Å². The summed E-state index contributed by atoms with van der Waals surface area (Å²) in [5, 5.41) is 8.72. The molecular formula is C14H16N2O. The van der Waals surface area contributed by atoms with Crippen molar-refractivity contribution in [3.63, 3.8) is 0 Å². The summed E-state index contributed by atoms with van der Waals surface area (Å²) in [6.07, 6.45) is 3.63. The summed E-state index contributed by atoms with van der Waals surface area (Å²) in [6, 6.07) is 9.06. The first-order valence-electron chi connectivity index (χ1n) is 6.00. The minimum Gasteiger partial charge on any atom is -0.323 e. The van der Waals surface area contributed by atoms with Crippen LogP contribution in [0.3, 0.4) is 0 Å². The lowest BCUT2D eigenvalue weighted by Crippen LogP contribution is -2.30. The molecule has 0 saturated heterocycles. The number of Topliss-reactive ketones (excluding diaryl/α,β-unsaturated/α-hetero) is 1. The summed E-state index contributed by atoms with van der Waals surface area (Å²) in [7, 11) is 0. The van der Waals surface area contributed by atoms with Gasteiger partial charge in [-0.3, -0.25) is 4.79 Å². The van der Waals surface area contributed by atoms with Gasteiger partial charge < -0.3 is 5.73 Å². The molecule has 1 saturated carbocycles. The Morgan fingerprint density at radius 3 is 2.59 bits per heavy atom. The van der Waals surface area contributed by atoms with Crippen LogP contribution >= 0.6 is 0 Å². The van der Waals surface area contributed by atoms with Gasteiger partial charge in [0, 0.05) is 18.4 Å². The fourth-order valence-corrected chi connectivity index (χ4v) is 2.40. The average Bonchev–Trinajstić information content (AvgIpc) is 2.39. The number of hydrogen-bond acceptors (Lipinski definition) is 3. The van der Waals surface area contributed by atoms with Crippen molar-refractivity contribution in [2.45, 2.75) is 31.7 Å². The molecule has 3 heteroatoms. The zero-order chi connectivity index (χ0) is 12.3. The predicted octanol–water partition coefficient (Wildman–Crippen LogP) is 2.32. The number of carbonyl (C=O) groups excluding carboxylic acids is 1. The Morgan fingerprint density at radius 2 is 2.00 bits per heavy atom. The molecule has 88 valence electrons. The van der Waals surface area contributed by atoms with Gasteiger partial charge in [-0.05, 0) is 30.5 Å². The highest BCUT2D eigenvalue weighted by Gasteiger charge is 2.28. The maximum absolute atomic E-state index is 11.8. The Balaban J connectivity index is 2.15. The second kappa shape index (κ2) is 5.11. The highest BCUT2D eigenvalue weighted by Crippen LogP contribution is 2.30. The molecular weight excluding hydrogens is 212 g/mol. The van der Waals surface area contributed by atoms with E-state index in [1.54, 1.807) is 12.1 Å². The lowest BCUT2D eigenvalue weighted by molar-refractivity contribution is -0.125. The quantitative estimate of drug-likeness (QED) is 0.844. The van der Waals surface area contributed by atoms with Gasteiger partial charge in [-0.1, -0.05) is 18.6 Å². The third-order valence-electron chi connectivity index (χ3n) is 3.46. The Kier molecular flexibility index (Phi) is 3.55. The van der Waals surface area contributed by atoms with E-state index >= 15 is 0 Å². The van der Waals surface area contributed by atoms with Crippen molar-refractivity contribution >= 4 is 5.78 Å². The third-order valence-corrected chi connectivity index (χ3v) is 3.46. The van der Waals surface area contributed by atoms with E-state index in [0.717, 1.165) is 24.8 Å². The molecule has 0 heterocycles. The number of nitriles is 1. The van der Waals surface area contributed by atoms with Crippen LogP contribution in [-0.2, 0) is 4.79 Å². The summed E-state index contributed by atoms with van der Waals surface area (Å²) in [5.74, 6) is 0.241. The maximum atomic E-state index is 11.8. The molecule has 0 amide bonds. The Morgan fingerprint density at radius 1 is 1.29 bits per heavy atom. The van der Waals surface area contributed by atoms with Crippen LogP contribution in [0.25, 0.3) is 0 Å². The second-order valence-corrected chi connectivity index (χ2v) is 4.58. The predicted molar refractivity (Wildman–Crippen MR) is 65.1 cm³/mol. The molecule has 1 aromatic carbocycles. The smallest absolute Gasteiger partial charge is 0.137 e. The normalized spacial score (nSPS) is 21.9. The molecule has 3 nitrogen and oxygen atoms in total. The van der Waals surface area contributed by atoms with Crippen LogP contribution in [0.5, 0.6) is 0 Å². The molecule has 17 heavy (non-hydrogen) atoms. The van der Waals surface area contributed by atoms with Crippen molar-refractivity contribution < 1.29 is 4.79 Å². The SMILES string of the molecule is N#Cc1ccc(C(N)C2CCCCC2=O)cc1. The number of nitrogens with zero attached hydrogens (tertiary/aromatic N) is 1. The summed E-state index contributed by atoms with van der Waals surface area (Å²) in [5.41, 5.74) is 7.72. The van der Waals surface area contributed by atoms with Gasteiger partial charge in [0.25, 0.3) is 0 Å². The van der Waals surface area contributed by atoms with E-state index in [2.05, 4.69) is 6.07 Å². The van der Waals surface area contributed by atoms with Gasteiger partial charge in [0.1, 0.15) is 5.78 Å². The number of hydrogen-bond donors (Lipinski definition) is 1. The first-order valence-corrected chi connectivity index (χ1v) is 6.00. The molecule has 0 bridgehead atoms. The monoisotopic (exact) mass is 228 g/mol. The topological polar surface area (TPSA) is 66.9 Å². The van der Waals surface area contributed by atoms with Gasteiger partial charge in [-0.15, -0.1) is 0 Å². The van der Waals surface area contributed by atoms with E-state index in [9.17, 15) is 4.79 Å². The molecule has 0 aromatic heterocycles. The van der Waals surface area contributed by atoms with Crippen molar-refractivity contribution in [3.8, 4) is 6.07 Å². The highest BCUT2D eigenvalue weighted by atomic mass is 16.1. The zero-order valence-corrected chi connectivity index (χ0v) is 9.73. The highest BCUT2D eigenvalue weighted by molar-refractivity contribution is 5.82. The molecule has 2 unspecified atom stereocenters. The van der Waals surface area contributed by atoms with Crippen LogP contribution in [0.1, 0.15) is 42.9 Å². The molecule has 2 rings (SSSR count). The summed E-state index contributed by atoms with van der Waals surface area (Å²) in [6.45, 7) is 0. The Labute approximate surface area is 101 Å². The molecule has 0 spiro atoms. The maximum Gasteiger partial charge on any atom is 0.137 e. The number of carbonyl (C=O) groups is 1. The second-order valence-electron chi connectivity index (χ2n) is 4.58. The molecule has 2 N–H and O–H groups in total. The molecule has 0 radical (unpaired) electrons. The molecule has 1 aromatic rings. The van der Waals surface area contributed by atoms with Crippen LogP contribution in [0.15, 0.2) is 24.3 Å². The minimum atomic E-state index is -0.226. The summed E-state index contributed by atoms with van der Waals surface area (Å²) >= 11 is 0. The van der Waals surface area contributed by atoms with Crippen LogP contribution in [0, 0.1) is 17.2 Å². The molecule has 1 aliphatic carbocycles. The van der Waals surface area contributed by atoms with Crippen LogP contribution in [0.4, 0.5) is 0 Å². The van der Waals surface area contributed by atoms with Gasteiger partial charge in [0.05, 0.1) is 11.6 Å². The van der Waals surface area contributed by atoms with E-state index in [0.29, 0.717) is 12.0 Å². The van der Waals surface area contributed by atoms with Crippen molar-refractivity contribution in [2.75, 3.05) is 0 Å². The summed E-state index contributed by atoms with van der Waals surface area (Å²) < 4.78 is 0. The number of nitrogens with two attached hydrogens (primary N) is 1. The first kappa shape index (κ1) is 11.8. The van der Waals surface area contributed by atoms with Gasteiger partial charge in [-0.25, -0.2) is 0 Å². The average molecular weight is 228 g/mol. The third kappa shape index (κ3) is 2.54. The standard InChI is InChI=1S/C14H16N2O/c15-9-10-5-7-11(8-6-10)14(16)12-3-1-2-4-13(12)17/h5-8,12,14H,1-4,16H2. The van der Waals surface area contributed by atoms with Gasteiger partial charge in [-0.2, -0.15) is 5.26 Å². The molecule has 0 aliphatic heterocycles. The van der Waals surface area contributed by atoms with E-state index in [4.69, 9.17) is 11.0 Å². The number of rotatable bonds is 2. The Bertz CT molecular complexity index is 444. The summed E-state index contributed by atoms with van der Waals surface area (Å²) in [4.78, 5) is 11.8. The molecule has 2 atom stereocenters. The number of ketones is 1. The fourth-order valence-electron chi connectivity index (χ4n) is 2.40. The van der Waals surface area contributed by atoms with Crippen LogP contribution in [-0.4, -0.2) is 5.78 Å². The van der Waals surface area contributed by atoms with Crippen LogP contribution in [0.2, 0.25) is 0 Å². The van der Waals surface area contributed by atoms with E-state index < -0.39 is 0 Å². The lowest BCUT2D eigenvalue weighted by Gasteiger charge is -2.26. The van der Waals surface area contributed by atoms with Gasteiger partial charge in [0.15, 0.2) is 0 Å². The Hall–Kier alpha value is -1.66. The van der Waals surface area contributed by atoms with Crippen molar-refractivity contribution in [1.29, 1.82) is 5.26 Å². The molecule has 1 aliphatic rings. The first-order chi connectivity index (χ1) is 8.22. The van der Waals surface area contributed by atoms with Gasteiger partial charge >= 0.3 is 0 Å². The zero-order valence-electron chi connectivity index (χ0n) is 9.73. The van der Waals surface area contributed by atoms with Crippen molar-refractivity contribution in [1.82, 2.24) is 0 Å². The fraction of sp³-hybridized carbons (Fsp3) is 0.429.